The SMILES string of the molecule is CCCCCOc1ccc(S(=O)(=O)NC(=O)CC2NC(=O)C(NC(=O)C(CC(C)C)NC)C(O)c3ccc(c(Cl)c3)Oc3cc4cc(c3OC3OC(CO)C(O)C(O)C3OC3CC(C)(N)C(O)C(C)O3)Oc3ccc(cc3Cl)C(O)C3NC(=O)C(NC(=O)C4NC2=O)c2ccc(O)c(c2)-c2c(O)cc(O)cc2[C@@H](C(=O)NC2C4CC5CC(C4)CC2C5)NC3=O)cc1. The smallest absolute Gasteiger partial charge is 0.264 e. The van der Waals surface area contributed by atoms with Crippen molar-refractivity contribution in [3.8, 4) is 62.9 Å². The number of nitrogens with two attached hydrogens (primary N) is 1. The number of likely N-dealkylation sites (N-methyl/N-ethyl adjacent to an activating group) is 1. The largest absolute Gasteiger partial charge is 0.508 e. The minimum atomic E-state index is -4.92. The van der Waals surface area contributed by atoms with Crippen molar-refractivity contribution < 1.29 is 126 Å². The van der Waals surface area contributed by atoms with Gasteiger partial charge in [-0.3, -0.25) is 38.4 Å². The molecule has 8 amide bonds. The first kappa shape index (κ1) is 92.0. The second-order valence-electron chi connectivity index (χ2n) is 34.4. The molecule has 15 bridgehead atoms. The van der Waals surface area contributed by atoms with Crippen molar-refractivity contribution in [2.24, 2.45) is 35.3 Å². The van der Waals surface area contributed by atoms with Gasteiger partial charge in [0.15, 0.2) is 23.9 Å². The van der Waals surface area contributed by atoms with E-state index >= 15 is 28.8 Å². The summed E-state index contributed by atoms with van der Waals surface area (Å²) in [5, 5.41) is 127. The van der Waals surface area contributed by atoms with E-state index in [9.17, 15) is 64.0 Å². The maximum atomic E-state index is 16.7. The highest BCUT2D eigenvalue weighted by atomic mass is 35.5. The Hall–Kier alpha value is -10.2. The molecule has 20 N–H and O–H groups in total. The Morgan fingerprint density at radius 3 is 1.90 bits per heavy atom. The van der Waals surface area contributed by atoms with E-state index in [1.807, 2.05) is 11.6 Å². The van der Waals surface area contributed by atoms with Gasteiger partial charge in [-0.05, 0) is 202 Å². The van der Waals surface area contributed by atoms with Crippen molar-refractivity contribution in [1.29, 1.82) is 0 Å². The number of aliphatic hydroxyl groups is 6. The molecule has 7 heterocycles. The van der Waals surface area contributed by atoms with Gasteiger partial charge in [-0.15, -0.1) is 0 Å². The van der Waals surface area contributed by atoms with E-state index in [2.05, 4.69) is 42.5 Å². The fourth-order valence-corrected chi connectivity index (χ4v) is 19.9. The summed E-state index contributed by atoms with van der Waals surface area (Å²) in [6.45, 7) is 7.91. The summed E-state index contributed by atoms with van der Waals surface area (Å²) in [5.74, 6) is -14.2. The van der Waals surface area contributed by atoms with Gasteiger partial charge in [0.2, 0.25) is 59.3 Å². The van der Waals surface area contributed by atoms with Crippen LogP contribution in [0.2, 0.25) is 10.0 Å². The number of halogens is 2. The number of nitrogens with one attached hydrogen (secondary N) is 9. The molecule has 17 rings (SSSR count). The van der Waals surface area contributed by atoms with Crippen LogP contribution in [0, 0.1) is 29.6 Å². The number of hydrogen-bond donors (Lipinski definition) is 19. The standard InChI is InChI=1S/C87H104Cl2N10O26S/c1-7-8-9-20-119-48-13-15-49(16-14-48)126(117,118)99-63(104)34-55-80(111)94-68-46-30-60(121-58-18-11-42(28-52(58)88)72(105)70(84(115)92-55)97-79(110)54(91-6)21-37(2)3)76(125-86-77(75(108)74(107)62(36-100)123-86)124-64-35-87(5,90)78(109)38(4)120-64)61(31-46)122-59-19-12-43(29-53(59)89)73(106)71-85(116)96-69(83(114)93-66-44-23-39-22-40(25-44)26-45(66)24-39)51-32-47(101)33-57(103)65(51)50-27-41(10-17-56(50)102)67(81(112)98-71)95-82(68)113/h10-19,27-33,37-40,44-45,54-55,62,64,66-75,77-78,86,91,100-103,105-109H,7-9,20-26,34-36,90H2,1-6H3,(H,92,115)(H,93,114)(H,94,111)(H,95,113)(H,96,116)(H,97,110)(H,98,112)(H,99,104)/t38?,39?,40?,44?,45?,54?,55?,62?,64?,66?,67?,68?,69-,70?,71?,72?,73?,74?,75?,77?,78?,86?,87?/m0/s1. The van der Waals surface area contributed by atoms with Crippen LogP contribution >= 0.6 is 23.2 Å². The quantitative estimate of drug-likeness (QED) is 0.0439. The van der Waals surface area contributed by atoms with E-state index in [4.69, 9.17) is 62.1 Å². The Morgan fingerprint density at radius 2 is 1.29 bits per heavy atom. The van der Waals surface area contributed by atoms with E-state index in [0.29, 0.717) is 24.9 Å². The van der Waals surface area contributed by atoms with E-state index in [0.717, 1.165) is 118 Å². The highest BCUT2D eigenvalue weighted by Crippen LogP contribution is 2.55. The summed E-state index contributed by atoms with van der Waals surface area (Å²) in [6, 6.07) is 4.19. The van der Waals surface area contributed by atoms with E-state index < -0.39 is 252 Å². The van der Waals surface area contributed by atoms with Crippen LogP contribution in [0.4, 0.5) is 0 Å². The summed E-state index contributed by atoms with van der Waals surface area (Å²) in [4.78, 5) is 125. The van der Waals surface area contributed by atoms with E-state index in [1.165, 1.54) is 51.2 Å². The second kappa shape index (κ2) is 38.0. The third-order valence-electron chi connectivity index (χ3n) is 24.7. The number of hydrogen-bond acceptors (Lipinski definition) is 28. The molecule has 4 saturated carbocycles. The molecule has 678 valence electrons. The maximum absolute atomic E-state index is 16.7. The van der Waals surface area contributed by atoms with Crippen molar-refractivity contribution in [2.75, 3.05) is 20.3 Å². The number of aromatic hydroxyl groups is 3. The number of unbranched alkanes of at least 4 members (excludes halogenated alkanes) is 2. The Morgan fingerprint density at radius 1 is 0.675 bits per heavy atom. The number of amides is 8. The fourth-order valence-electron chi connectivity index (χ4n) is 18.4. The lowest BCUT2D eigenvalue weighted by atomic mass is 9.54. The Kier molecular flexibility index (Phi) is 27.7. The number of ether oxygens (including phenoxy) is 7. The third-order valence-corrected chi connectivity index (χ3v) is 26.7. The zero-order chi connectivity index (χ0) is 90.4. The Bertz CT molecular complexity index is 5240. The Labute approximate surface area is 734 Å². The summed E-state index contributed by atoms with van der Waals surface area (Å²) >= 11 is 14.5. The number of benzene rings is 6. The molecule has 4 aliphatic carbocycles. The van der Waals surface area contributed by atoms with Crippen molar-refractivity contribution in [1.82, 2.24) is 47.3 Å². The van der Waals surface area contributed by atoms with Gasteiger partial charge in [0, 0.05) is 35.2 Å². The lowest BCUT2D eigenvalue weighted by molar-refractivity contribution is -0.333. The van der Waals surface area contributed by atoms with Gasteiger partial charge in [0.05, 0.1) is 52.8 Å². The lowest BCUT2D eigenvalue weighted by Gasteiger charge is -2.54. The molecular formula is C87H104Cl2N10O26S. The van der Waals surface area contributed by atoms with Crippen LogP contribution in [0.25, 0.3) is 11.1 Å². The summed E-state index contributed by atoms with van der Waals surface area (Å²) in [6.07, 6.45) is -12.6. The van der Waals surface area contributed by atoms with Crippen molar-refractivity contribution >= 4 is 80.5 Å². The first-order valence-corrected chi connectivity index (χ1v) is 44.1. The van der Waals surface area contributed by atoms with Crippen LogP contribution in [0.3, 0.4) is 0 Å². The molecule has 11 aliphatic rings. The van der Waals surface area contributed by atoms with Gasteiger partial charge in [-0.1, -0.05) is 75.0 Å². The minimum Gasteiger partial charge on any atom is -0.508 e. The van der Waals surface area contributed by atoms with Crippen LogP contribution in [0.5, 0.6) is 51.7 Å². The van der Waals surface area contributed by atoms with Crippen LogP contribution in [0.15, 0.2) is 108 Å². The van der Waals surface area contributed by atoms with Gasteiger partial charge in [-0.25, -0.2) is 13.1 Å². The van der Waals surface area contributed by atoms with Crippen LogP contribution in [0.1, 0.15) is 163 Å². The lowest BCUT2D eigenvalue weighted by Crippen LogP contribution is -2.64. The van der Waals surface area contributed by atoms with Crippen molar-refractivity contribution in [3.63, 3.8) is 0 Å². The zero-order valence-corrected chi connectivity index (χ0v) is 71.8. The number of carbonyl (C=O) groups excluding carboxylic acids is 8. The number of fused-ring (bicyclic) bond motifs is 15. The highest BCUT2D eigenvalue weighted by molar-refractivity contribution is 7.90. The molecule has 2 saturated heterocycles. The van der Waals surface area contributed by atoms with Crippen LogP contribution in [-0.4, -0.2) is 207 Å². The molecule has 126 heavy (non-hydrogen) atoms. The molecule has 0 radical (unpaired) electrons. The highest BCUT2D eigenvalue weighted by Gasteiger charge is 2.53. The first-order chi connectivity index (χ1) is 59.9. The van der Waals surface area contributed by atoms with E-state index in [-0.39, 0.29) is 69.9 Å². The predicted molar refractivity (Wildman–Crippen MR) is 448 cm³/mol. The minimum absolute atomic E-state index is 0.0450. The molecule has 36 nitrogen and oxygen atoms in total. The van der Waals surface area contributed by atoms with Crippen molar-refractivity contribution in [2.45, 2.75) is 225 Å². The molecule has 7 aliphatic heterocycles. The van der Waals surface area contributed by atoms with Gasteiger partial charge < -0.3 is 127 Å². The molecule has 39 heteroatoms. The molecular weight excluding hydrogens is 1700 g/mol. The molecule has 18 atom stereocenters. The molecule has 0 aromatic heterocycles. The monoisotopic (exact) mass is 1810 g/mol. The maximum Gasteiger partial charge on any atom is 0.264 e. The van der Waals surface area contributed by atoms with Crippen LogP contribution < -0.4 is 71.9 Å². The average molecular weight is 1810 g/mol. The van der Waals surface area contributed by atoms with E-state index in [1.54, 1.807) is 13.8 Å². The second-order valence-corrected chi connectivity index (χ2v) is 36.9. The molecule has 6 aromatic rings. The molecule has 0 spiro atoms. The Balaban J connectivity index is 0.964. The van der Waals surface area contributed by atoms with Crippen molar-refractivity contribution in [3.05, 3.63) is 141 Å². The number of phenols is 3. The van der Waals surface area contributed by atoms with Gasteiger partial charge in [0.1, 0.15) is 101 Å². The van der Waals surface area contributed by atoms with Gasteiger partial charge >= 0.3 is 0 Å². The molecule has 17 unspecified atom stereocenters. The normalized spacial score (nSPS) is 30.3. The number of carbonyl (C=O) groups is 8. The average Bonchev–Trinajstić information content (AvgIpc) is 0.755. The topological polar surface area (TPSA) is 552 Å². The van der Waals surface area contributed by atoms with Crippen LogP contribution in [-0.2, 0) is 62.6 Å². The first-order valence-electron chi connectivity index (χ1n) is 41.9. The number of phenolic OH excluding ortho intramolecular Hbond substituents is 3. The van der Waals surface area contributed by atoms with Gasteiger partial charge in [-0.2, -0.15) is 0 Å². The number of aliphatic hydroxyl groups excluding tert-OH is 6. The summed E-state index contributed by atoms with van der Waals surface area (Å²) in [5.41, 5.74) is 2.73. The number of sulfonamides is 1. The molecule has 6 fully saturated rings. The summed E-state index contributed by atoms with van der Waals surface area (Å²) < 4.78 is 75.3. The zero-order valence-electron chi connectivity index (χ0n) is 69.5. The number of rotatable bonds is 21. The predicted octanol–water partition coefficient (Wildman–Crippen LogP) is 4.55. The molecule has 6 aromatic carbocycles. The summed E-state index contributed by atoms with van der Waals surface area (Å²) in [7, 11) is -3.46. The third kappa shape index (κ3) is 19.7. The van der Waals surface area contributed by atoms with Gasteiger partial charge in [0.25, 0.3) is 10.0 Å². The fraction of sp³-hybridized carbons (Fsp3) is 0.494.